The van der Waals surface area contributed by atoms with Crippen LogP contribution in [0.2, 0.25) is 0 Å². The van der Waals surface area contributed by atoms with E-state index in [0.717, 1.165) is 35.7 Å². The van der Waals surface area contributed by atoms with Crippen molar-refractivity contribution in [1.82, 2.24) is 0 Å². The van der Waals surface area contributed by atoms with Gasteiger partial charge in [0.15, 0.2) is 0 Å². The summed E-state index contributed by atoms with van der Waals surface area (Å²) < 4.78 is 0.919. The van der Waals surface area contributed by atoms with Gasteiger partial charge in [-0.05, 0) is 59.2 Å². The maximum atomic E-state index is 10.4. The number of benzene rings is 1. The van der Waals surface area contributed by atoms with Gasteiger partial charge in [0, 0.05) is 17.5 Å². The second-order valence-corrected chi connectivity index (χ2v) is 6.21. The molecule has 2 aliphatic rings. The minimum atomic E-state index is 0.0459. The van der Waals surface area contributed by atoms with Gasteiger partial charge in [0.25, 0.3) is 0 Å². The number of hydrogen-bond acceptors (Lipinski definition) is 2. The van der Waals surface area contributed by atoms with Gasteiger partial charge in [-0.25, -0.2) is 0 Å². The van der Waals surface area contributed by atoms with Crippen molar-refractivity contribution in [2.45, 2.75) is 43.9 Å². The van der Waals surface area contributed by atoms with Crippen molar-refractivity contribution < 1.29 is 5.11 Å². The van der Waals surface area contributed by atoms with Crippen LogP contribution in [0.4, 0.5) is 0 Å². The van der Waals surface area contributed by atoms with Gasteiger partial charge in [-0.1, -0.05) is 12.5 Å². The van der Waals surface area contributed by atoms with Crippen molar-refractivity contribution in [3.8, 4) is 5.75 Å². The van der Waals surface area contributed by atoms with Gasteiger partial charge >= 0.3 is 0 Å². The Bertz CT molecular complexity index is 460. The molecule has 0 radical (unpaired) electrons. The van der Waals surface area contributed by atoms with Crippen LogP contribution in [0, 0.1) is 0 Å². The lowest BCUT2D eigenvalue weighted by molar-refractivity contribution is 0.244. The molecule has 1 aromatic rings. The molecule has 0 unspecified atom stereocenters. The molecule has 0 spiro atoms. The molecular weight excluding hydrogens is 278 g/mol. The Hall–Kier alpha value is -0.540. The van der Waals surface area contributed by atoms with Gasteiger partial charge in [-0.3, -0.25) is 0 Å². The molecule has 17 heavy (non-hydrogen) atoms. The highest BCUT2D eigenvalue weighted by molar-refractivity contribution is 9.10. The van der Waals surface area contributed by atoms with E-state index in [2.05, 4.69) is 22.0 Å². The smallest absolute Gasteiger partial charge is 0.133 e. The Morgan fingerprint density at radius 2 is 2.06 bits per heavy atom. The molecule has 3 N–H and O–H groups in total. The number of rotatable bonds is 2. The van der Waals surface area contributed by atoms with E-state index in [4.69, 9.17) is 5.73 Å². The number of aromatic hydroxyl groups is 1. The fourth-order valence-electron chi connectivity index (χ4n) is 3.27. The maximum absolute atomic E-state index is 10.4. The number of phenolic OH excluding ortho intramolecular Hbond substituents is 1. The van der Waals surface area contributed by atoms with Gasteiger partial charge in [-0.15, -0.1) is 0 Å². The summed E-state index contributed by atoms with van der Waals surface area (Å²) >= 11 is 3.57. The van der Waals surface area contributed by atoms with Crippen LogP contribution in [0.1, 0.15) is 42.4 Å². The monoisotopic (exact) mass is 295 g/mol. The Kier molecular flexibility index (Phi) is 2.71. The fraction of sp³-hybridized carbons (Fsp3) is 0.571. The van der Waals surface area contributed by atoms with E-state index in [1.54, 1.807) is 0 Å². The molecule has 92 valence electrons. The minimum Gasteiger partial charge on any atom is -0.506 e. The van der Waals surface area contributed by atoms with Crippen molar-refractivity contribution in [3.05, 3.63) is 27.2 Å². The zero-order chi connectivity index (χ0) is 12.0. The molecule has 0 bridgehead atoms. The lowest BCUT2D eigenvalue weighted by Crippen LogP contribution is -2.41. The van der Waals surface area contributed by atoms with Crippen molar-refractivity contribution >= 4 is 15.9 Å². The van der Waals surface area contributed by atoms with E-state index in [9.17, 15) is 5.11 Å². The molecule has 0 aliphatic heterocycles. The highest BCUT2D eigenvalue weighted by Gasteiger charge is 2.40. The lowest BCUT2D eigenvalue weighted by Gasteiger charge is -2.42. The number of nitrogens with two attached hydrogens (primary N) is 1. The predicted molar refractivity (Wildman–Crippen MR) is 72.4 cm³/mol. The summed E-state index contributed by atoms with van der Waals surface area (Å²) in [5.41, 5.74) is 9.78. The normalized spacial score (nSPS) is 21.1. The number of halogens is 1. The van der Waals surface area contributed by atoms with Gasteiger partial charge < -0.3 is 10.8 Å². The van der Waals surface area contributed by atoms with Crippen LogP contribution in [0.15, 0.2) is 10.5 Å². The largest absolute Gasteiger partial charge is 0.506 e. The summed E-state index contributed by atoms with van der Waals surface area (Å²) in [6, 6.07) is 2.22. The van der Waals surface area contributed by atoms with Crippen LogP contribution in [-0.2, 0) is 18.3 Å². The predicted octanol–water partition coefficient (Wildman–Crippen LogP) is 3.02. The summed E-state index contributed by atoms with van der Waals surface area (Å²) in [6.07, 6.45) is 6.88. The van der Waals surface area contributed by atoms with Crippen LogP contribution in [0.25, 0.3) is 0 Å². The van der Waals surface area contributed by atoms with Gasteiger partial charge in [0.1, 0.15) is 5.75 Å². The van der Waals surface area contributed by atoms with Crippen LogP contribution < -0.4 is 5.73 Å². The van der Waals surface area contributed by atoms with Crippen LogP contribution >= 0.6 is 15.9 Å². The quantitative estimate of drug-likeness (QED) is 0.881. The summed E-state index contributed by atoms with van der Waals surface area (Å²) in [4.78, 5) is 0. The molecule has 1 saturated carbocycles. The third kappa shape index (κ3) is 1.55. The second kappa shape index (κ2) is 3.99. The first-order valence-electron chi connectivity index (χ1n) is 6.42. The Morgan fingerprint density at radius 3 is 2.65 bits per heavy atom. The Labute approximate surface area is 110 Å². The van der Waals surface area contributed by atoms with Gasteiger partial charge in [0.2, 0.25) is 0 Å². The molecule has 3 rings (SSSR count). The van der Waals surface area contributed by atoms with E-state index < -0.39 is 0 Å². The Balaban J connectivity index is 2.14. The van der Waals surface area contributed by atoms with Crippen LogP contribution in [0.5, 0.6) is 5.75 Å². The zero-order valence-corrected chi connectivity index (χ0v) is 11.5. The number of hydrogen-bond donors (Lipinski definition) is 2. The topological polar surface area (TPSA) is 46.2 Å². The molecule has 0 saturated heterocycles. The van der Waals surface area contributed by atoms with Crippen molar-refractivity contribution in [2.24, 2.45) is 5.73 Å². The molecule has 0 atom stereocenters. The highest BCUT2D eigenvalue weighted by atomic mass is 79.9. The van der Waals surface area contributed by atoms with Crippen LogP contribution in [0.3, 0.4) is 0 Å². The Morgan fingerprint density at radius 1 is 1.29 bits per heavy atom. The molecule has 0 heterocycles. The zero-order valence-electron chi connectivity index (χ0n) is 9.93. The standard InChI is InChI=1S/C14H18BrNO/c15-12-10-4-1-3-9(10)7-11(13(12)17)14(8-16)5-2-6-14/h7,17H,1-6,8,16H2. The fourth-order valence-corrected chi connectivity index (χ4v) is 3.94. The van der Waals surface area contributed by atoms with E-state index >= 15 is 0 Å². The SMILES string of the molecule is NCC1(c2cc3c(c(Br)c2O)CCC3)CCC1. The molecule has 0 aromatic heterocycles. The summed E-state index contributed by atoms with van der Waals surface area (Å²) in [5.74, 6) is 0.441. The molecular formula is C14H18BrNO. The first-order chi connectivity index (χ1) is 8.18. The maximum Gasteiger partial charge on any atom is 0.133 e. The molecule has 2 aliphatic carbocycles. The van der Waals surface area contributed by atoms with E-state index in [1.165, 1.54) is 24.0 Å². The van der Waals surface area contributed by atoms with Crippen LogP contribution in [-0.4, -0.2) is 11.7 Å². The van der Waals surface area contributed by atoms with E-state index in [1.807, 2.05) is 0 Å². The molecule has 1 aromatic carbocycles. The third-order valence-corrected chi connectivity index (χ3v) is 5.43. The average Bonchev–Trinajstić information content (AvgIpc) is 2.72. The summed E-state index contributed by atoms with van der Waals surface area (Å²) in [7, 11) is 0. The lowest BCUT2D eigenvalue weighted by atomic mass is 9.64. The molecule has 3 heteroatoms. The molecule has 0 amide bonds. The highest BCUT2D eigenvalue weighted by Crippen LogP contribution is 2.50. The molecule has 1 fully saturated rings. The number of phenols is 1. The minimum absolute atomic E-state index is 0.0459. The first kappa shape index (κ1) is 11.5. The van der Waals surface area contributed by atoms with Crippen molar-refractivity contribution in [3.63, 3.8) is 0 Å². The van der Waals surface area contributed by atoms with Gasteiger partial charge in [-0.2, -0.15) is 0 Å². The number of fused-ring (bicyclic) bond motifs is 1. The summed E-state index contributed by atoms with van der Waals surface area (Å²) in [6.45, 7) is 0.645. The average molecular weight is 296 g/mol. The summed E-state index contributed by atoms with van der Waals surface area (Å²) in [5, 5.41) is 10.4. The van der Waals surface area contributed by atoms with Gasteiger partial charge in [0.05, 0.1) is 4.47 Å². The number of aryl methyl sites for hydroxylation is 1. The van der Waals surface area contributed by atoms with Crippen molar-refractivity contribution in [1.29, 1.82) is 0 Å². The van der Waals surface area contributed by atoms with E-state index in [-0.39, 0.29) is 5.41 Å². The van der Waals surface area contributed by atoms with Crippen molar-refractivity contribution in [2.75, 3.05) is 6.54 Å². The second-order valence-electron chi connectivity index (χ2n) is 5.42. The van der Waals surface area contributed by atoms with E-state index in [0.29, 0.717) is 12.3 Å². The third-order valence-electron chi connectivity index (χ3n) is 4.58. The first-order valence-corrected chi connectivity index (χ1v) is 7.21. The molecule has 2 nitrogen and oxygen atoms in total.